The van der Waals surface area contributed by atoms with Crippen LogP contribution in [0.15, 0.2) is 24.3 Å². The van der Waals surface area contributed by atoms with Crippen LogP contribution in [0, 0.1) is 0 Å². The van der Waals surface area contributed by atoms with Crippen molar-refractivity contribution in [3.05, 3.63) is 29.8 Å². The topological polar surface area (TPSA) is 111 Å². The number of carboxylic acid groups (broad SMARTS) is 1. The van der Waals surface area contributed by atoms with Gasteiger partial charge in [0.1, 0.15) is 5.56 Å². The highest BCUT2D eigenvalue weighted by atomic mass is 16.5. The Morgan fingerprint density at radius 2 is 1.76 bits per heavy atom. The number of nitrogens with zero attached hydrogens (tertiary/aromatic N) is 2. The van der Waals surface area contributed by atoms with Crippen LogP contribution in [0.1, 0.15) is 10.4 Å². The number of ether oxygens (including phenoxy) is 3. The lowest BCUT2D eigenvalue weighted by atomic mass is 10.2. The summed E-state index contributed by atoms with van der Waals surface area (Å²) >= 11 is 0. The number of hydrogen-bond donors (Lipinski definition) is 2. The number of carboxylic acids is 1. The second kappa shape index (κ2) is 5.95. The molecule has 0 aliphatic rings. The third-order valence-electron chi connectivity index (χ3n) is 2.49. The van der Waals surface area contributed by atoms with Crippen molar-refractivity contribution < 1.29 is 29.2 Å². The fourth-order valence-corrected chi connectivity index (χ4v) is 1.53. The summed E-state index contributed by atoms with van der Waals surface area (Å²) in [6.45, 7) is 0. The molecule has 21 heavy (non-hydrogen) atoms. The summed E-state index contributed by atoms with van der Waals surface area (Å²) in [5.41, 5.74) is -0.222. The minimum atomic E-state index is -1.25. The Morgan fingerprint density at radius 3 is 2.29 bits per heavy atom. The zero-order chi connectivity index (χ0) is 15.4. The molecule has 0 unspecified atom stereocenters. The molecule has 8 heteroatoms. The van der Waals surface area contributed by atoms with E-state index in [1.165, 1.54) is 38.5 Å². The highest BCUT2D eigenvalue weighted by Gasteiger charge is 2.18. The Balaban J connectivity index is 2.45. The molecule has 110 valence electrons. The van der Waals surface area contributed by atoms with Crippen molar-refractivity contribution in [1.82, 2.24) is 9.97 Å². The number of aromatic hydroxyl groups is 1. The van der Waals surface area contributed by atoms with E-state index in [4.69, 9.17) is 19.3 Å². The first-order chi connectivity index (χ1) is 10.0. The lowest BCUT2D eigenvalue weighted by Crippen LogP contribution is -2.03. The number of phenolic OH excluding ortho intramolecular Hbond substituents is 1. The standard InChI is InChI=1S/C13H12N2O6/c1-19-9-6-10(20-2)15-13(14-9)21-11-7(12(17)18)4-3-5-8(11)16/h3-6,16H,1-2H3,(H,17,18). The Hall–Kier alpha value is -3.03. The van der Waals surface area contributed by atoms with Crippen LogP contribution in [-0.4, -0.2) is 40.4 Å². The zero-order valence-electron chi connectivity index (χ0n) is 11.2. The van der Waals surface area contributed by atoms with Gasteiger partial charge in [0.25, 0.3) is 0 Å². The van der Waals surface area contributed by atoms with Crippen LogP contribution in [-0.2, 0) is 0 Å². The number of carbonyl (C=O) groups is 1. The van der Waals surface area contributed by atoms with Crippen molar-refractivity contribution in [2.24, 2.45) is 0 Å². The molecule has 0 bridgehead atoms. The normalized spacial score (nSPS) is 10.0. The van der Waals surface area contributed by atoms with E-state index >= 15 is 0 Å². The van der Waals surface area contributed by atoms with Crippen LogP contribution in [0.2, 0.25) is 0 Å². The number of methoxy groups -OCH3 is 2. The lowest BCUT2D eigenvalue weighted by molar-refractivity contribution is 0.0693. The smallest absolute Gasteiger partial charge is 0.339 e. The molecule has 1 aromatic carbocycles. The molecule has 0 aliphatic heterocycles. The van der Waals surface area contributed by atoms with E-state index in [0.29, 0.717) is 0 Å². The van der Waals surface area contributed by atoms with Gasteiger partial charge in [0.15, 0.2) is 11.5 Å². The molecule has 0 radical (unpaired) electrons. The van der Waals surface area contributed by atoms with E-state index < -0.39 is 5.97 Å². The molecular weight excluding hydrogens is 280 g/mol. The fraction of sp³-hybridized carbons (Fsp3) is 0.154. The van der Waals surface area contributed by atoms with Crippen LogP contribution in [0.3, 0.4) is 0 Å². The summed E-state index contributed by atoms with van der Waals surface area (Å²) in [5.74, 6) is -1.52. The molecule has 0 aliphatic carbocycles. The molecule has 1 aromatic heterocycles. The Bertz CT molecular complexity index is 651. The van der Waals surface area contributed by atoms with Gasteiger partial charge in [-0.2, -0.15) is 9.97 Å². The van der Waals surface area contributed by atoms with Crippen LogP contribution < -0.4 is 14.2 Å². The number of rotatable bonds is 5. The molecule has 0 spiro atoms. The van der Waals surface area contributed by atoms with Crippen molar-refractivity contribution in [1.29, 1.82) is 0 Å². The molecule has 0 amide bonds. The number of benzene rings is 1. The van der Waals surface area contributed by atoms with Crippen molar-refractivity contribution >= 4 is 5.97 Å². The van der Waals surface area contributed by atoms with Crippen molar-refractivity contribution in [3.63, 3.8) is 0 Å². The zero-order valence-corrected chi connectivity index (χ0v) is 11.2. The van der Waals surface area contributed by atoms with Gasteiger partial charge in [-0.25, -0.2) is 4.79 Å². The molecule has 2 aromatic rings. The number of hydrogen-bond acceptors (Lipinski definition) is 7. The lowest BCUT2D eigenvalue weighted by Gasteiger charge is -2.10. The highest BCUT2D eigenvalue weighted by molar-refractivity contribution is 5.92. The number of aromatic carboxylic acids is 1. The van der Waals surface area contributed by atoms with Gasteiger partial charge in [-0.1, -0.05) is 6.07 Å². The first kappa shape index (κ1) is 14.4. The molecule has 1 heterocycles. The summed E-state index contributed by atoms with van der Waals surface area (Å²) < 4.78 is 15.2. The molecule has 0 saturated heterocycles. The Morgan fingerprint density at radius 1 is 1.14 bits per heavy atom. The first-order valence-corrected chi connectivity index (χ1v) is 5.75. The molecule has 2 N–H and O–H groups in total. The van der Waals surface area contributed by atoms with Gasteiger partial charge >= 0.3 is 12.0 Å². The van der Waals surface area contributed by atoms with Gasteiger partial charge in [-0.05, 0) is 12.1 Å². The maximum Gasteiger partial charge on any atom is 0.339 e. The Labute approximate surface area is 119 Å². The van der Waals surface area contributed by atoms with Crippen LogP contribution in [0.4, 0.5) is 0 Å². The maximum atomic E-state index is 11.1. The summed E-state index contributed by atoms with van der Waals surface area (Å²) in [4.78, 5) is 18.9. The number of phenols is 1. The third-order valence-corrected chi connectivity index (χ3v) is 2.49. The van der Waals surface area contributed by atoms with Gasteiger partial charge in [0, 0.05) is 0 Å². The number of aromatic nitrogens is 2. The van der Waals surface area contributed by atoms with Crippen LogP contribution >= 0.6 is 0 Å². The predicted octanol–water partition coefficient (Wildman–Crippen LogP) is 1.69. The Kier molecular flexibility index (Phi) is 4.07. The van der Waals surface area contributed by atoms with Crippen molar-refractivity contribution in [3.8, 4) is 29.3 Å². The third kappa shape index (κ3) is 3.11. The minimum absolute atomic E-state index is 0.171. The minimum Gasteiger partial charge on any atom is -0.504 e. The molecule has 0 saturated carbocycles. The van der Waals surface area contributed by atoms with Gasteiger partial charge in [-0.15, -0.1) is 0 Å². The van der Waals surface area contributed by atoms with E-state index in [1.807, 2.05) is 0 Å². The largest absolute Gasteiger partial charge is 0.504 e. The van der Waals surface area contributed by atoms with Gasteiger partial charge in [0.05, 0.1) is 20.3 Å². The summed E-state index contributed by atoms with van der Waals surface area (Å²) in [5, 5.41) is 18.8. The predicted molar refractivity (Wildman–Crippen MR) is 70.3 cm³/mol. The number of para-hydroxylation sites is 1. The van der Waals surface area contributed by atoms with E-state index in [1.54, 1.807) is 0 Å². The first-order valence-electron chi connectivity index (χ1n) is 5.75. The van der Waals surface area contributed by atoms with Gasteiger partial charge in [-0.3, -0.25) is 0 Å². The van der Waals surface area contributed by atoms with Crippen molar-refractivity contribution in [2.45, 2.75) is 0 Å². The second-order valence-corrected chi connectivity index (χ2v) is 3.80. The van der Waals surface area contributed by atoms with E-state index in [9.17, 15) is 9.90 Å². The van der Waals surface area contributed by atoms with Gasteiger partial charge in [0.2, 0.25) is 11.8 Å². The monoisotopic (exact) mass is 292 g/mol. The summed E-state index contributed by atoms with van der Waals surface area (Å²) in [7, 11) is 2.79. The molecule has 8 nitrogen and oxygen atoms in total. The van der Waals surface area contributed by atoms with Crippen molar-refractivity contribution in [2.75, 3.05) is 14.2 Å². The molecular formula is C13H12N2O6. The highest BCUT2D eigenvalue weighted by Crippen LogP contribution is 2.34. The second-order valence-electron chi connectivity index (χ2n) is 3.80. The van der Waals surface area contributed by atoms with Crippen LogP contribution in [0.5, 0.6) is 29.3 Å². The summed E-state index contributed by atoms with van der Waals surface area (Å²) in [6.07, 6.45) is 0. The summed E-state index contributed by atoms with van der Waals surface area (Å²) in [6, 6.07) is 5.18. The van der Waals surface area contributed by atoms with Gasteiger partial charge < -0.3 is 24.4 Å². The van der Waals surface area contributed by atoms with E-state index in [2.05, 4.69) is 9.97 Å². The SMILES string of the molecule is COc1cc(OC)nc(Oc2c(O)cccc2C(=O)O)n1. The van der Waals surface area contributed by atoms with E-state index in [0.717, 1.165) is 0 Å². The molecule has 2 rings (SSSR count). The average molecular weight is 292 g/mol. The average Bonchev–Trinajstić information content (AvgIpc) is 2.48. The maximum absolute atomic E-state index is 11.1. The van der Waals surface area contributed by atoms with Crippen LogP contribution in [0.25, 0.3) is 0 Å². The van der Waals surface area contributed by atoms with E-state index in [-0.39, 0.29) is 34.8 Å². The molecule has 0 fully saturated rings. The fourth-order valence-electron chi connectivity index (χ4n) is 1.53. The quantitative estimate of drug-likeness (QED) is 0.856. The molecule has 0 atom stereocenters.